The van der Waals surface area contributed by atoms with E-state index in [0.29, 0.717) is 5.56 Å². The van der Waals surface area contributed by atoms with Gasteiger partial charge in [-0.15, -0.1) is 0 Å². The molecule has 1 aliphatic heterocycles. The van der Waals surface area contributed by atoms with E-state index in [1.165, 1.54) is 0 Å². The van der Waals surface area contributed by atoms with Gasteiger partial charge in [0.2, 0.25) is 0 Å². The number of hydrogen-bond acceptors (Lipinski definition) is 6. The molecule has 1 aliphatic rings. The Kier molecular flexibility index (Phi) is 7.62. The molecule has 1 aromatic carbocycles. The number of aliphatic hydroxyl groups is 1. The highest BCUT2D eigenvalue weighted by molar-refractivity contribution is 5.92. The highest BCUT2D eigenvalue weighted by atomic mass is 16.3. The predicted molar refractivity (Wildman–Crippen MR) is 158 cm³/mol. The second-order valence-electron chi connectivity index (χ2n) is 11.2. The summed E-state index contributed by atoms with van der Waals surface area (Å²) in [5.74, 6) is 0.995. The highest BCUT2D eigenvalue weighted by Gasteiger charge is 2.20. The third kappa shape index (κ3) is 5.50. The van der Waals surface area contributed by atoms with Gasteiger partial charge in [-0.2, -0.15) is 0 Å². The quantitative estimate of drug-likeness (QED) is 0.308. The number of aromatic amines is 1. The zero-order valence-electron chi connectivity index (χ0n) is 23.9. The van der Waals surface area contributed by atoms with Crippen LogP contribution in [0.4, 0.5) is 5.82 Å². The number of pyridine rings is 2. The number of likely N-dealkylation sites (N-methyl/N-ethyl adjacent to an activating group) is 1. The molecular weight excluding hydrogens is 488 g/mol. The first-order valence-electron chi connectivity index (χ1n) is 13.8. The zero-order chi connectivity index (χ0) is 27.8. The summed E-state index contributed by atoms with van der Waals surface area (Å²) in [4.78, 5) is 24.9. The molecule has 1 fully saturated rings. The highest BCUT2D eigenvalue weighted by Crippen LogP contribution is 2.35. The van der Waals surface area contributed by atoms with Gasteiger partial charge in [0.15, 0.2) is 0 Å². The van der Waals surface area contributed by atoms with Crippen molar-refractivity contribution in [1.29, 1.82) is 0 Å². The fourth-order valence-corrected chi connectivity index (χ4v) is 5.62. The van der Waals surface area contributed by atoms with E-state index < -0.39 is 6.23 Å². The lowest BCUT2D eigenvalue weighted by Crippen LogP contribution is -2.44. The second kappa shape index (κ2) is 11.0. The minimum atomic E-state index is -0.952. The number of piperazine rings is 1. The van der Waals surface area contributed by atoms with E-state index in [0.717, 1.165) is 76.4 Å². The minimum Gasteiger partial charge on any atom is -0.374 e. The standard InChI is InChI=1S/C31H40N6O2/c1-19(2)37-18-21(4)29-25(30(38)33-17-26-20(3)13-22(5)34-31(26)39)14-24(15-27(29)37)23-7-8-28(32-16-23)36-11-9-35(6)10-12-36/h7-8,13-16,18-19,30,33,38H,9-12,17H2,1-6H3,(H,34,39). The first-order chi connectivity index (χ1) is 18.6. The molecule has 3 aromatic heterocycles. The van der Waals surface area contributed by atoms with Gasteiger partial charge in [0.25, 0.3) is 5.56 Å². The summed E-state index contributed by atoms with van der Waals surface area (Å²) in [6, 6.07) is 10.7. The van der Waals surface area contributed by atoms with E-state index in [1.807, 2.05) is 26.1 Å². The van der Waals surface area contributed by atoms with E-state index in [4.69, 9.17) is 4.98 Å². The van der Waals surface area contributed by atoms with Gasteiger partial charge in [-0.1, -0.05) is 0 Å². The van der Waals surface area contributed by atoms with Crippen LogP contribution in [0.15, 0.2) is 47.5 Å². The Morgan fingerprint density at radius 2 is 1.77 bits per heavy atom. The molecule has 4 aromatic rings. The van der Waals surface area contributed by atoms with Crippen molar-refractivity contribution in [2.45, 2.75) is 53.4 Å². The molecule has 1 unspecified atom stereocenters. The molecule has 8 heteroatoms. The molecule has 39 heavy (non-hydrogen) atoms. The topological polar surface area (TPSA) is 89.4 Å². The van der Waals surface area contributed by atoms with Crippen LogP contribution in [0.3, 0.4) is 0 Å². The van der Waals surface area contributed by atoms with Crippen LogP contribution in [-0.4, -0.2) is 57.8 Å². The molecule has 0 spiro atoms. The number of benzene rings is 1. The molecule has 4 heterocycles. The Hall–Kier alpha value is -3.46. The maximum Gasteiger partial charge on any atom is 0.252 e. The molecule has 206 valence electrons. The van der Waals surface area contributed by atoms with Crippen LogP contribution in [-0.2, 0) is 6.54 Å². The van der Waals surface area contributed by atoms with Crippen molar-refractivity contribution in [3.05, 3.63) is 81.0 Å². The Morgan fingerprint density at radius 1 is 1.03 bits per heavy atom. The van der Waals surface area contributed by atoms with Crippen LogP contribution in [0.2, 0.25) is 0 Å². The van der Waals surface area contributed by atoms with E-state index in [-0.39, 0.29) is 18.1 Å². The summed E-state index contributed by atoms with van der Waals surface area (Å²) >= 11 is 0. The average Bonchev–Trinajstić information content (AvgIpc) is 3.24. The van der Waals surface area contributed by atoms with Crippen molar-refractivity contribution < 1.29 is 5.11 Å². The van der Waals surface area contributed by atoms with Gasteiger partial charge in [-0.05, 0) is 88.7 Å². The van der Waals surface area contributed by atoms with Crippen molar-refractivity contribution in [2.75, 3.05) is 38.1 Å². The molecule has 0 saturated carbocycles. The summed E-state index contributed by atoms with van der Waals surface area (Å²) in [6.45, 7) is 14.5. The van der Waals surface area contributed by atoms with Crippen molar-refractivity contribution in [1.82, 2.24) is 24.8 Å². The monoisotopic (exact) mass is 528 g/mol. The van der Waals surface area contributed by atoms with Crippen LogP contribution in [0.25, 0.3) is 22.0 Å². The number of nitrogens with one attached hydrogen (secondary N) is 2. The summed E-state index contributed by atoms with van der Waals surface area (Å²) in [5.41, 5.74) is 7.22. The minimum absolute atomic E-state index is 0.125. The maximum atomic E-state index is 12.6. The Balaban J connectivity index is 1.50. The van der Waals surface area contributed by atoms with Crippen molar-refractivity contribution in [2.24, 2.45) is 0 Å². The van der Waals surface area contributed by atoms with Crippen LogP contribution in [0.5, 0.6) is 0 Å². The molecule has 8 nitrogen and oxygen atoms in total. The third-order valence-electron chi connectivity index (χ3n) is 7.88. The molecular formula is C31H40N6O2. The van der Waals surface area contributed by atoms with E-state index in [2.05, 4.69) is 82.9 Å². The fraction of sp³-hybridized carbons (Fsp3) is 0.419. The Morgan fingerprint density at radius 3 is 2.41 bits per heavy atom. The summed E-state index contributed by atoms with van der Waals surface area (Å²) < 4.78 is 2.26. The van der Waals surface area contributed by atoms with Crippen molar-refractivity contribution >= 4 is 16.7 Å². The first kappa shape index (κ1) is 27.1. The smallest absolute Gasteiger partial charge is 0.252 e. The van der Waals surface area contributed by atoms with E-state index >= 15 is 0 Å². The number of nitrogens with zero attached hydrogens (tertiary/aromatic N) is 4. The Labute approximate surface area is 230 Å². The molecule has 0 radical (unpaired) electrons. The number of anilines is 1. The molecule has 0 amide bonds. The average molecular weight is 529 g/mol. The molecule has 3 N–H and O–H groups in total. The van der Waals surface area contributed by atoms with Gasteiger partial charge < -0.3 is 24.5 Å². The third-order valence-corrected chi connectivity index (χ3v) is 7.88. The zero-order valence-corrected chi connectivity index (χ0v) is 23.9. The molecule has 1 saturated heterocycles. The van der Waals surface area contributed by atoms with Gasteiger partial charge in [0, 0.05) is 84.4 Å². The maximum absolute atomic E-state index is 12.6. The number of rotatable bonds is 7. The number of hydrogen-bond donors (Lipinski definition) is 3. The van der Waals surface area contributed by atoms with Crippen LogP contribution >= 0.6 is 0 Å². The summed E-state index contributed by atoms with van der Waals surface area (Å²) in [5, 5.41) is 15.7. The second-order valence-corrected chi connectivity index (χ2v) is 11.2. The van der Waals surface area contributed by atoms with Gasteiger partial charge in [-0.25, -0.2) is 4.98 Å². The SMILES string of the molecule is Cc1cc(C)c(CNC(O)c2cc(-c3ccc(N4CCN(C)CC4)nc3)cc3c2c(C)cn3C(C)C)c(=O)[nH]1. The Bertz CT molecular complexity index is 1530. The lowest BCUT2D eigenvalue weighted by atomic mass is 9.98. The van der Waals surface area contributed by atoms with Gasteiger partial charge in [0.05, 0.1) is 0 Å². The molecule has 1 atom stereocenters. The number of fused-ring (bicyclic) bond motifs is 1. The molecule has 5 rings (SSSR count). The van der Waals surface area contributed by atoms with Gasteiger partial charge in [-0.3, -0.25) is 10.1 Å². The van der Waals surface area contributed by atoms with Gasteiger partial charge >= 0.3 is 0 Å². The number of aliphatic hydroxyl groups excluding tert-OH is 1. The van der Waals surface area contributed by atoms with Crippen LogP contribution in [0, 0.1) is 20.8 Å². The first-order valence-corrected chi connectivity index (χ1v) is 13.8. The lowest BCUT2D eigenvalue weighted by molar-refractivity contribution is 0.138. The van der Waals surface area contributed by atoms with Gasteiger partial charge in [0.1, 0.15) is 12.0 Å². The molecule has 0 aliphatic carbocycles. The van der Waals surface area contributed by atoms with E-state index in [1.54, 1.807) is 0 Å². The van der Waals surface area contributed by atoms with Crippen molar-refractivity contribution in [3.8, 4) is 11.1 Å². The van der Waals surface area contributed by atoms with Crippen molar-refractivity contribution in [3.63, 3.8) is 0 Å². The number of aryl methyl sites for hydroxylation is 3. The van der Waals surface area contributed by atoms with Crippen LogP contribution in [0.1, 0.15) is 54.1 Å². The fourth-order valence-electron chi connectivity index (χ4n) is 5.62. The number of H-pyrrole nitrogens is 1. The summed E-state index contributed by atoms with van der Waals surface area (Å²) in [7, 11) is 2.15. The lowest BCUT2D eigenvalue weighted by Gasteiger charge is -2.33. The summed E-state index contributed by atoms with van der Waals surface area (Å²) in [6.07, 6.45) is 3.13. The van der Waals surface area contributed by atoms with Crippen LogP contribution < -0.4 is 15.8 Å². The number of aromatic nitrogens is 3. The van der Waals surface area contributed by atoms with E-state index in [9.17, 15) is 9.90 Å². The normalized spacial score (nSPS) is 15.4. The predicted octanol–water partition coefficient (Wildman–Crippen LogP) is 4.43. The molecule has 0 bridgehead atoms. The largest absolute Gasteiger partial charge is 0.374 e.